The summed E-state index contributed by atoms with van der Waals surface area (Å²) in [4.78, 5) is 2.48. The molecule has 2 aliphatic rings. The van der Waals surface area contributed by atoms with Crippen LogP contribution in [-0.2, 0) is 11.2 Å². The fourth-order valence-electron chi connectivity index (χ4n) is 3.60. The number of hydrogen-bond donors (Lipinski definition) is 2. The molecule has 1 aromatic rings. The van der Waals surface area contributed by atoms with E-state index in [4.69, 9.17) is 10.5 Å². The molecule has 0 unspecified atom stereocenters. The third-order valence-electron chi connectivity index (χ3n) is 5.26. The second-order valence-corrected chi connectivity index (χ2v) is 7.13. The largest absolute Gasteiger partial charge is 0.399 e. The van der Waals surface area contributed by atoms with Gasteiger partial charge >= 0.3 is 0 Å². The van der Waals surface area contributed by atoms with Gasteiger partial charge in [-0.2, -0.15) is 0 Å². The number of benzene rings is 1. The Balaban J connectivity index is 1.42. The third kappa shape index (κ3) is 4.37. The number of likely N-dealkylation sites (N-methyl/N-ethyl adjacent to an activating group) is 1. The van der Waals surface area contributed by atoms with Crippen LogP contribution in [0.5, 0.6) is 0 Å². The van der Waals surface area contributed by atoms with Crippen molar-refractivity contribution in [1.82, 2.24) is 5.32 Å². The van der Waals surface area contributed by atoms with E-state index in [1.165, 1.54) is 30.6 Å². The molecule has 1 aromatic carbocycles. The van der Waals surface area contributed by atoms with E-state index in [0.29, 0.717) is 0 Å². The quantitative estimate of drug-likeness (QED) is 0.468. The molecule has 2 aliphatic heterocycles. The minimum atomic E-state index is 0.869. The number of nitrogens with two attached hydrogens (primary N) is 1. The molecule has 1 saturated heterocycles. The molecular weight excluding hydrogens is 288 g/mol. The summed E-state index contributed by atoms with van der Waals surface area (Å²) in [5.41, 5.74) is 9.61. The molecule has 1 fully saturated rings. The van der Waals surface area contributed by atoms with Gasteiger partial charge in [-0.1, -0.05) is 6.07 Å². The Morgan fingerprint density at radius 2 is 2.09 bits per heavy atom. The van der Waals surface area contributed by atoms with Crippen LogP contribution in [-0.4, -0.2) is 70.6 Å². The van der Waals surface area contributed by atoms with Crippen molar-refractivity contribution < 1.29 is 9.22 Å². The van der Waals surface area contributed by atoms with E-state index in [1.807, 2.05) is 6.07 Å². The van der Waals surface area contributed by atoms with Crippen molar-refractivity contribution >= 4 is 11.4 Å². The van der Waals surface area contributed by atoms with E-state index < -0.39 is 0 Å². The summed E-state index contributed by atoms with van der Waals surface area (Å²) in [7, 11) is 2.34. The molecule has 0 bridgehead atoms. The Labute approximate surface area is 140 Å². The SMILES string of the molecule is C[N+]1(CCNCCN2CCCc3ccc(N)cc32)CCOCC1. The molecule has 0 amide bonds. The predicted molar refractivity (Wildman–Crippen MR) is 95.9 cm³/mol. The van der Waals surface area contributed by atoms with Gasteiger partial charge in [-0.25, -0.2) is 0 Å². The number of nitrogen functional groups attached to an aromatic ring is 1. The van der Waals surface area contributed by atoms with Crippen LogP contribution in [0.25, 0.3) is 0 Å². The predicted octanol–water partition coefficient (Wildman–Crippen LogP) is 1.09. The zero-order valence-electron chi connectivity index (χ0n) is 14.4. The smallest absolute Gasteiger partial charge is 0.102 e. The molecule has 23 heavy (non-hydrogen) atoms. The molecule has 3 N–H and O–H groups in total. The van der Waals surface area contributed by atoms with Gasteiger partial charge in [0.15, 0.2) is 0 Å². The first-order valence-electron chi connectivity index (χ1n) is 8.92. The first kappa shape index (κ1) is 16.6. The minimum absolute atomic E-state index is 0.869. The first-order chi connectivity index (χ1) is 11.2. The standard InChI is InChI=1S/C18H31N4O/c1-22(11-13-23-14-12-22)10-7-20-6-9-21-8-2-3-16-4-5-17(19)15-18(16)21/h4-5,15,20H,2-3,6-14,19H2,1H3/q+1. The van der Waals surface area contributed by atoms with Gasteiger partial charge in [-0.15, -0.1) is 0 Å². The average Bonchev–Trinajstić information content (AvgIpc) is 2.55. The molecule has 0 aromatic heterocycles. The summed E-state index contributed by atoms with van der Waals surface area (Å²) in [5, 5.41) is 3.62. The summed E-state index contributed by atoms with van der Waals surface area (Å²) in [6.07, 6.45) is 2.42. The zero-order chi connectivity index (χ0) is 16.1. The zero-order valence-corrected chi connectivity index (χ0v) is 14.4. The van der Waals surface area contributed by atoms with E-state index in [9.17, 15) is 0 Å². The van der Waals surface area contributed by atoms with E-state index >= 15 is 0 Å². The summed E-state index contributed by atoms with van der Waals surface area (Å²) in [6.45, 7) is 9.59. The Hall–Kier alpha value is -1.30. The first-order valence-corrected chi connectivity index (χ1v) is 8.92. The summed E-state index contributed by atoms with van der Waals surface area (Å²) >= 11 is 0. The molecule has 5 heteroatoms. The molecule has 0 radical (unpaired) electrons. The van der Waals surface area contributed by atoms with Gasteiger partial charge in [0.05, 0.1) is 26.8 Å². The molecule has 2 heterocycles. The number of anilines is 2. The van der Waals surface area contributed by atoms with Crippen LogP contribution in [0.3, 0.4) is 0 Å². The second kappa shape index (κ2) is 7.51. The lowest BCUT2D eigenvalue weighted by atomic mass is 10.0. The van der Waals surface area contributed by atoms with Crippen LogP contribution in [0.1, 0.15) is 12.0 Å². The number of morpholine rings is 1. The third-order valence-corrected chi connectivity index (χ3v) is 5.26. The van der Waals surface area contributed by atoms with Crippen molar-refractivity contribution in [2.45, 2.75) is 12.8 Å². The van der Waals surface area contributed by atoms with Gasteiger partial charge in [0.1, 0.15) is 13.1 Å². The van der Waals surface area contributed by atoms with Crippen molar-refractivity contribution in [3.63, 3.8) is 0 Å². The van der Waals surface area contributed by atoms with Crippen LogP contribution in [0.2, 0.25) is 0 Å². The maximum atomic E-state index is 5.96. The average molecular weight is 319 g/mol. The highest BCUT2D eigenvalue weighted by atomic mass is 16.5. The Morgan fingerprint density at radius 3 is 2.91 bits per heavy atom. The van der Waals surface area contributed by atoms with Gasteiger partial charge in [-0.3, -0.25) is 0 Å². The van der Waals surface area contributed by atoms with Gasteiger partial charge in [0.2, 0.25) is 0 Å². The molecule has 0 spiro atoms. The van der Waals surface area contributed by atoms with Crippen LogP contribution < -0.4 is 16.0 Å². The molecule has 0 aliphatic carbocycles. The molecule has 128 valence electrons. The lowest BCUT2D eigenvalue weighted by Gasteiger charge is -2.37. The van der Waals surface area contributed by atoms with Gasteiger partial charge in [0.25, 0.3) is 0 Å². The van der Waals surface area contributed by atoms with Crippen LogP contribution in [0, 0.1) is 0 Å². The van der Waals surface area contributed by atoms with Crippen LogP contribution in [0.15, 0.2) is 18.2 Å². The number of quaternary nitrogens is 1. The maximum Gasteiger partial charge on any atom is 0.102 e. The summed E-state index contributed by atoms with van der Waals surface area (Å²) in [6, 6.07) is 6.34. The number of rotatable bonds is 6. The highest BCUT2D eigenvalue weighted by Gasteiger charge is 2.24. The van der Waals surface area contributed by atoms with E-state index in [1.54, 1.807) is 0 Å². The van der Waals surface area contributed by atoms with E-state index in [-0.39, 0.29) is 0 Å². The normalized spacial score (nSPS) is 20.3. The Bertz CT molecular complexity index is 514. The van der Waals surface area contributed by atoms with E-state index in [2.05, 4.69) is 29.4 Å². The minimum Gasteiger partial charge on any atom is -0.399 e. The number of ether oxygens (including phenoxy) is 1. The van der Waals surface area contributed by atoms with E-state index in [0.717, 1.165) is 62.7 Å². The van der Waals surface area contributed by atoms with Crippen LogP contribution in [0.4, 0.5) is 11.4 Å². The number of nitrogens with one attached hydrogen (secondary N) is 1. The summed E-state index contributed by atoms with van der Waals surface area (Å²) < 4.78 is 6.60. The van der Waals surface area contributed by atoms with Gasteiger partial charge in [-0.05, 0) is 30.5 Å². The molecular formula is C18H31N4O+. The summed E-state index contributed by atoms with van der Waals surface area (Å²) in [5.74, 6) is 0. The number of nitrogens with zero attached hydrogens (tertiary/aromatic N) is 2. The van der Waals surface area contributed by atoms with Crippen molar-refractivity contribution in [3.05, 3.63) is 23.8 Å². The number of aryl methyl sites for hydroxylation is 1. The number of hydrogen-bond acceptors (Lipinski definition) is 4. The monoisotopic (exact) mass is 319 g/mol. The van der Waals surface area contributed by atoms with Crippen molar-refractivity contribution in [2.24, 2.45) is 0 Å². The van der Waals surface area contributed by atoms with Crippen molar-refractivity contribution in [2.75, 3.05) is 76.7 Å². The fraction of sp³-hybridized carbons (Fsp3) is 0.667. The lowest BCUT2D eigenvalue weighted by Crippen LogP contribution is -2.54. The lowest BCUT2D eigenvalue weighted by molar-refractivity contribution is -0.915. The highest BCUT2D eigenvalue weighted by Crippen LogP contribution is 2.28. The molecule has 0 atom stereocenters. The second-order valence-electron chi connectivity index (χ2n) is 7.13. The molecule has 0 saturated carbocycles. The maximum absolute atomic E-state index is 5.96. The molecule has 5 nitrogen and oxygen atoms in total. The number of fused-ring (bicyclic) bond motifs is 1. The van der Waals surface area contributed by atoms with Crippen LogP contribution >= 0.6 is 0 Å². The van der Waals surface area contributed by atoms with Crippen molar-refractivity contribution in [1.29, 1.82) is 0 Å². The Morgan fingerprint density at radius 1 is 1.26 bits per heavy atom. The topological polar surface area (TPSA) is 50.5 Å². The van der Waals surface area contributed by atoms with Gasteiger partial charge < -0.3 is 25.2 Å². The highest BCUT2D eigenvalue weighted by molar-refractivity contribution is 5.62. The van der Waals surface area contributed by atoms with Gasteiger partial charge in [0, 0.05) is 37.6 Å². The van der Waals surface area contributed by atoms with Crippen molar-refractivity contribution in [3.8, 4) is 0 Å². The fourth-order valence-corrected chi connectivity index (χ4v) is 3.60. The Kier molecular flexibility index (Phi) is 5.41. The molecule has 3 rings (SSSR count).